The van der Waals surface area contributed by atoms with Gasteiger partial charge in [-0.3, -0.25) is 0 Å². The van der Waals surface area contributed by atoms with E-state index >= 15 is 0 Å². The van der Waals surface area contributed by atoms with Crippen molar-refractivity contribution in [1.29, 1.82) is 0 Å². The van der Waals surface area contributed by atoms with Gasteiger partial charge in [-0.25, -0.2) is 4.79 Å². The predicted octanol–water partition coefficient (Wildman–Crippen LogP) is -0.300. The van der Waals surface area contributed by atoms with E-state index in [1.807, 2.05) is 0 Å². The number of carboxylic acid groups (broad SMARTS) is 1. The molecule has 7 N–H and O–H groups in total. The van der Waals surface area contributed by atoms with Gasteiger partial charge in [0.25, 0.3) is 0 Å². The first-order valence-electron chi connectivity index (χ1n) is 4.19. The van der Waals surface area contributed by atoms with E-state index in [2.05, 4.69) is 0 Å². The summed E-state index contributed by atoms with van der Waals surface area (Å²) in [6.45, 7) is 1.19. The van der Waals surface area contributed by atoms with Crippen molar-refractivity contribution in [2.24, 2.45) is 11.5 Å². The molecule has 0 unspecified atom stereocenters. The molecule has 0 bridgehead atoms. The highest BCUT2D eigenvalue weighted by atomic mass is 16.4. The quantitative estimate of drug-likeness (QED) is 0.430. The first kappa shape index (κ1) is 13.2. The maximum absolute atomic E-state index is 10.3. The second kappa shape index (κ2) is 6.63. The van der Waals surface area contributed by atoms with Gasteiger partial charge in [-0.15, -0.1) is 0 Å². The number of carboxylic acids is 1. The van der Waals surface area contributed by atoms with Crippen LogP contribution in [0.4, 0.5) is 0 Å². The van der Waals surface area contributed by atoms with E-state index in [1.54, 1.807) is 0 Å². The largest absolute Gasteiger partial charge is 0.504 e. The summed E-state index contributed by atoms with van der Waals surface area (Å²) in [5.41, 5.74) is 9.50. The molecule has 0 amide bonds. The first-order valence-corrected chi connectivity index (χ1v) is 4.19. The maximum atomic E-state index is 10.3. The van der Waals surface area contributed by atoms with Crippen LogP contribution in [-0.4, -0.2) is 34.4 Å². The van der Waals surface area contributed by atoms with Crippen molar-refractivity contribution in [3.05, 3.63) is 23.8 Å². The smallest absolute Gasteiger partial charge is 0.339 e. The van der Waals surface area contributed by atoms with Crippen LogP contribution >= 0.6 is 0 Å². The number of hydrogen-bond donors (Lipinski definition) is 5. The number of hydrogen-bond acceptors (Lipinski definition) is 5. The second-order valence-corrected chi connectivity index (χ2v) is 2.56. The fraction of sp³-hybridized carbons (Fsp3) is 0.222. The van der Waals surface area contributed by atoms with E-state index < -0.39 is 17.5 Å². The average molecular weight is 214 g/mol. The van der Waals surface area contributed by atoms with Gasteiger partial charge in [-0.2, -0.15) is 0 Å². The van der Waals surface area contributed by atoms with Gasteiger partial charge in [0.2, 0.25) is 0 Å². The molecule has 1 aromatic carbocycles. The summed E-state index contributed by atoms with van der Waals surface area (Å²) in [5.74, 6) is -2.29. The lowest BCUT2D eigenvalue weighted by Crippen LogP contribution is -2.11. The number of phenolic OH excluding ortho intramolecular Hbond substituents is 1. The van der Waals surface area contributed by atoms with Crippen LogP contribution in [0.1, 0.15) is 10.4 Å². The Labute approximate surface area is 86.8 Å². The number of para-hydroxylation sites is 1. The summed E-state index contributed by atoms with van der Waals surface area (Å²) in [7, 11) is 0. The zero-order chi connectivity index (χ0) is 11.8. The molecule has 0 heterocycles. The minimum atomic E-state index is -1.27. The predicted molar refractivity (Wildman–Crippen MR) is 54.8 cm³/mol. The Kier molecular flexibility index (Phi) is 5.84. The highest BCUT2D eigenvalue weighted by molar-refractivity contribution is 5.91. The lowest BCUT2D eigenvalue weighted by atomic mass is 10.2. The Balaban J connectivity index is 0.000000423. The Morgan fingerprint density at radius 2 is 1.73 bits per heavy atom. The summed E-state index contributed by atoms with van der Waals surface area (Å²) in [6, 6.07) is 3.76. The number of aromatic carboxylic acids is 1. The van der Waals surface area contributed by atoms with Crippen molar-refractivity contribution in [1.82, 2.24) is 0 Å². The molecule has 0 aliphatic heterocycles. The number of carbonyl (C=O) groups is 1. The summed E-state index contributed by atoms with van der Waals surface area (Å²) in [5, 5.41) is 26.2. The molecule has 6 nitrogen and oxygen atoms in total. The molecule has 0 spiro atoms. The summed E-state index contributed by atoms with van der Waals surface area (Å²) in [6.07, 6.45) is 0. The van der Waals surface area contributed by atoms with Gasteiger partial charge in [0.15, 0.2) is 11.5 Å². The van der Waals surface area contributed by atoms with Crippen molar-refractivity contribution in [3.63, 3.8) is 0 Å². The normalized spacial score (nSPS) is 8.93. The molecule has 0 saturated carbocycles. The Morgan fingerprint density at radius 3 is 2.07 bits per heavy atom. The summed E-state index contributed by atoms with van der Waals surface area (Å²) >= 11 is 0. The molecule has 1 rings (SSSR count). The topological polar surface area (TPSA) is 130 Å². The van der Waals surface area contributed by atoms with Crippen LogP contribution in [0.3, 0.4) is 0 Å². The molecule has 0 fully saturated rings. The van der Waals surface area contributed by atoms with Crippen molar-refractivity contribution in [2.75, 3.05) is 13.1 Å². The van der Waals surface area contributed by atoms with Crippen LogP contribution in [0, 0.1) is 0 Å². The molecular weight excluding hydrogens is 200 g/mol. The fourth-order valence-electron chi connectivity index (χ4n) is 0.704. The minimum absolute atomic E-state index is 0.301. The third-order valence-electron chi connectivity index (χ3n) is 1.41. The Morgan fingerprint density at radius 1 is 1.20 bits per heavy atom. The van der Waals surface area contributed by atoms with Crippen molar-refractivity contribution in [2.45, 2.75) is 0 Å². The molecule has 0 atom stereocenters. The lowest BCUT2D eigenvalue weighted by Gasteiger charge is -1.99. The first-order chi connectivity index (χ1) is 7.04. The van der Waals surface area contributed by atoms with E-state index in [0.717, 1.165) is 0 Å². The molecule has 0 saturated heterocycles. The van der Waals surface area contributed by atoms with E-state index in [1.165, 1.54) is 18.2 Å². The van der Waals surface area contributed by atoms with Crippen LogP contribution in [0.5, 0.6) is 11.5 Å². The molecule has 0 aliphatic rings. The van der Waals surface area contributed by atoms with Gasteiger partial charge in [0.1, 0.15) is 5.56 Å². The van der Waals surface area contributed by atoms with Gasteiger partial charge in [0, 0.05) is 13.1 Å². The lowest BCUT2D eigenvalue weighted by molar-refractivity contribution is 0.0693. The third-order valence-corrected chi connectivity index (χ3v) is 1.41. The zero-order valence-corrected chi connectivity index (χ0v) is 8.05. The molecule has 15 heavy (non-hydrogen) atoms. The SMILES string of the molecule is NCCN.O=C(O)c1cccc(O)c1O. The number of phenols is 2. The monoisotopic (exact) mass is 214 g/mol. The molecule has 0 radical (unpaired) electrons. The number of rotatable bonds is 2. The van der Waals surface area contributed by atoms with E-state index in [4.69, 9.17) is 26.8 Å². The van der Waals surface area contributed by atoms with Gasteiger partial charge in [-0.1, -0.05) is 6.07 Å². The zero-order valence-electron chi connectivity index (χ0n) is 8.05. The molecule has 0 aliphatic carbocycles. The molecule has 1 aromatic rings. The second-order valence-electron chi connectivity index (χ2n) is 2.56. The maximum Gasteiger partial charge on any atom is 0.339 e. The number of aromatic hydroxyl groups is 2. The van der Waals surface area contributed by atoms with Crippen molar-refractivity contribution >= 4 is 5.97 Å². The van der Waals surface area contributed by atoms with Gasteiger partial charge < -0.3 is 26.8 Å². The van der Waals surface area contributed by atoms with Crippen LogP contribution in [0.25, 0.3) is 0 Å². The van der Waals surface area contributed by atoms with Crippen LogP contribution in [0.15, 0.2) is 18.2 Å². The van der Waals surface area contributed by atoms with E-state index in [0.29, 0.717) is 13.1 Å². The number of benzene rings is 1. The molecule has 84 valence electrons. The van der Waals surface area contributed by atoms with Crippen molar-refractivity contribution < 1.29 is 20.1 Å². The Bertz CT molecular complexity index is 326. The molecule has 0 aromatic heterocycles. The Hall–Kier alpha value is -1.79. The van der Waals surface area contributed by atoms with Crippen LogP contribution in [0.2, 0.25) is 0 Å². The minimum Gasteiger partial charge on any atom is -0.504 e. The molecular formula is C9H14N2O4. The van der Waals surface area contributed by atoms with Crippen LogP contribution < -0.4 is 11.5 Å². The summed E-state index contributed by atoms with van der Waals surface area (Å²) in [4.78, 5) is 10.3. The van der Waals surface area contributed by atoms with Crippen molar-refractivity contribution in [3.8, 4) is 11.5 Å². The highest BCUT2D eigenvalue weighted by Crippen LogP contribution is 2.27. The summed E-state index contributed by atoms with van der Waals surface area (Å²) < 4.78 is 0. The third kappa shape index (κ3) is 4.30. The van der Waals surface area contributed by atoms with Gasteiger partial charge in [-0.05, 0) is 12.1 Å². The van der Waals surface area contributed by atoms with E-state index in [-0.39, 0.29) is 5.56 Å². The standard InChI is InChI=1S/C7H6O4.C2H8N2/c8-5-3-1-2-4(6(5)9)7(10)11;3-1-2-4/h1-3,8-9H,(H,10,11);1-4H2. The average Bonchev–Trinajstić information content (AvgIpc) is 2.22. The fourth-order valence-corrected chi connectivity index (χ4v) is 0.704. The highest BCUT2D eigenvalue weighted by Gasteiger charge is 2.11. The van der Waals surface area contributed by atoms with Crippen LogP contribution in [-0.2, 0) is 0 Å². The van der Waals surface area contributed by atoms with E-state index in [9.17, 15) is 4.79 Å². The van der Waals surface area contributed by atoms with Gasteiger partial charge >= 0.3 is 5.97 Å². The number of nitrogens with two attached hydrogens (primary N) is 2. The molecule has 6 heteroatoms. The van der Waals surface area contributed by atoms with Gasteiger partial charge in [0.05, 0.1) is 0 Å².